The predicted octanol–water partition coefficient (Wildman–Crippen LogP) is 2.63. The van der Waals surface area contributed by atoms with E-state index in [0.29, 0.717) is 12.0 Å². The van der Waals surface area contributed by atoms with E-state index in [2.05, 4.69) is 12.2 Å². The lowest BCUT2D eigenvalue weighted by atomic mass is 10.0. The first kappa shape index (κ1) is 11.0. The van der Waals surface area contributed by atoms with Gasteiger partial charge in [0.2, 0.25) is 0 Å². The Kier molecular flexibility index (Phi) is 3.65. The van der Waals surface area contributed by atoms with Crippen molar-refractivity contribution in [3.63, 3.8) is 0 Å². The SMILES string of the molecule is CC(CNC1CSC1)c1ccc(F)cc1. The topological polar surface area (TPSA) is 12.0 Å². The quantitative estimate of drug-likeness (QED) is 0.845. The smallest absolute Gasteiger partial charge is 0.123 e. The summed E-state index contributed by atoms with van der Waals surface area (Å²) in [7, 11) is 0. The number of thioether (sulfide) groups is 1. The highest BCUT2D eigenvalue weighted by molar-refractivity contribution is 8.00. The van der Waals surface area contributed by atoms with E-state index in [0.717, 1.165) is 6.54 Å². The molecule has 0 saturated carbocycles. The van der Waals surface area contributed by atoms with Crippen molar-refractivity contribution in [2.75, 3.05) is 18.1 Å². The Hall–Kier alpha value is -0.540. The summed E-state index contributed by atoms with van der Waals surface area (Å²) in [6.07, 6.45) is 0. The van der Waals surface area contributed by atoms with Gasteiger partial charge in [-0.3, -0.25) is 0 Å². The van der Waals surface area contributed by atoms with E-state index in [1.807, 2.05) is 23.9 Å². The van der Waals surface area contributed by atoms with E-state index in [9.17, 15) is 4.39 Å². The summed E-state index contributed by atoms with van der Waals surface area (Å²) >= 11 is 1.98. The van der Waals surface area contributed by atoms with Gasteiger partial charge in [-0.2, -0.15) is 11.8 Å². The maximum absolute atomic E-state index is 12.7. The number of rotatable bonds is 4. The van der Waals surface area contributed by atoms with E-state index in [1.165, 1.54) is 29.2 Å². The Balaban J connectivity index is 1.83. The molecular formula is C12H16FNS. The molecule has 15 heavy (non-hydrogen) atoms. The summed E-state index contributed by atoms with van der Waals surface area (Å²) < 4.78 is 12.7. The third kappa shape index (κ3) is 2.95. The normalized spacial score (nSPS) is 18.5. The van der Waals surface area contributed by atoms with Gasteiger partial charge >= 0.3 is 0 Å². The fraction of sp³-hybridized carbons (Fsp3) is 0.500. The monoisotopic (exact) mass is 225 g/mol. The van der Waals surface area contributed by atoms with E-state index < -0.39 is 0 Å². The summed E-state index contributed by atoms with van der Waals surface area (Å²) in [5.74, 6) is 2.76. The van der Waals surface area contributed by atoms with Gasteiger partial charge < -0.3 is 5.32 Å². The van der Waals surface area contributed by atoms with E-state index in [1.54, 1.807) is 0 Å². The maximum Gasteiger partial charge on any atom is 0.123 e. The molecule has 3 heteroatoms. The van der Waals surface area contributed by atoms with Gasteiger partial charge in [0.1, 0.15) is 5.82 Å². The summed E-state index contributed by atoms with van der Waals surface area (Å²) in [6.45, 7) is 3.16. The van der Waals surface area contributed by atoms with Gasteiger partial charge in [0.05, 0.1) is 0 Å². The summed E-state index contributed by atoms with van der Waals surface area (Å²) in [6, 6.07) is 7.50. The Morgan fingerprint density at radius 2 is 2.07 bits per heavy atom. The number of benzene rings is 1. The number of halogens is 1. The molecule has 1 aliphatic heterocycles. The lowest BCUT2D eigenvalue weighted by Crippen LogP contribution is -2.41. The van der Waals surface area contributed by atoms with Gasteiger partial charge in [0.25, 0.3) is 0 Å². The van der Waals surface area contributed by atoms with Crippen LogP contribution in [-0.2, 0) is 0 Å². The van der Waals surface area contributed by atoms with Crippen molar-refractivity contribution in [2.24, 2.45) is 0 Å². The zero-order valence-corrected chi connectivity index (χ0v) is 9.69. The molecule has 1 aromatic rings. The Labute approximate surface area is 94.5 Å². The Morgan fingerprint density at radius 3 is 2.60 bits per heavy atom. The number of hydrogen-bond acceptors (Lipinski definition) is 2. The van der Waals surface area contributed by atoms with Crippen LogP contribution in [0.25, 0.3) is 0 Å². The highest BCUT2D eigenvalue weighted by Crippen LogP contribution is 2.19. The number of hydrogen-bond donors (Lipinski definition) is 1. The zero-order valence-electron chi connectivity index (χ0n) is 8.87. The predicted molar refractivity (Wildman–Crippen MR) is 63.9 cm³/mol. The molecule has 0 aromatic heterocycles. The first-order valence-corrected chi connectivity index (χ1v) is 6.48. The van der Waals surface area contributed by atoms with Crippen LogP contribution in [0.15, 0.2) is 24.3 Å². The molecule has 0 aliphatic carbocycles. The molecule has 1 N–H and O–H groups in total. The molecule has 0 bridgehead atoms. The molecule has 1 heterocycles. The van der Waals surface area contributed by atoms with Gasteiger partial charge in [-0.1, -0.05) is 19.1 Å². The standard InChI is InChI=1S/C12H16FNS/c1-9(6-14-12-7-15-8-12)10-2-4-11(13)5-3-10/h2-5,9,12,14H,6-8H2,1H3. The van der Waals surface area contributed by atoms with Crippen LogP contribution in [0.4, 0.5) is 4.39 Å². The molecule has 1 nitrogen and oxygen atoms in total. The number of nitrogens with one attached hydrogen (secondary N) is 1. The van der Waals surface area contributed by atoms with Crippen molar-refractivity contribution in [2.45, 2.75) is 18.9 Å². The minimum atomic E-state index is -0.158. The average Bonchev–Trinajstić information content (AvgIpc) is 2.16. The van der Waals surface area contributed by atoms with E-state index in [4.69, 9.17) is 0 Å². The van der Waals surface area contributed by atoms with Crippen LogP contribution in [0.5, 0.6) is 0 Å². The molecule has 1 aromatic carbocycles. The average molecular weight is 225 g/mol. The minimum absolute atomic E-state index is 0.158. The Morgan fingerprint density at radius 1 is 1.40 bits per heavy atom. The largest absolute Gasteiger partial charge is 0.312 e. The van der Waals surface area contributed by atoms with E-state index >= 15 is 0 Å². The van der Waals surface area contributed by atoms with Crippen LogP contribution >= 0.6 is 11.8 Å². The Bertz CT molecular complexity index is 308. The molecule has 2 rings (SSSR count). The second kappa shape index (κ2) is 4.99. The lowest BCUT2D eigenvalue weighted by Gasteiger charge is -2.27. The van der Waals surface area contributed by atoms with Crippen LogP contribution in [0, 0.1) is 5.82 Å². The highest BCUT2D eigenvalue weighted by Gasteiger charge is 2.18. The molecule has 1 unspecified atom stereocenters. The minimum Gasteiger partial charge on any atom is -0.312 e. The molecule has 1 saturated heterocycles. The van der Waals surface area contributed by atoms with Crippen LogP contribution < -0.4 is 5.32 Å². The zero-order chi connectivity index (χ0) is 10.7. The molecule has 1 aliphatic rings. The van der Waals surface area contributed by atoms with Gasteiger partial charge in [-0.05, 0) is 23.6 Å². The second-order valence-corrected chi connectivity index (χ2v) is 5.17. The summed E-state index contributed by atoms with van der Waals surface area (Å²) in [5.41, 5.74) is 1.20. The first-order valence-electron chi connectivity index (χ1n) is 5.32. The molecule has 0 spiro atoms. The van der Waals surface area contributed by atoms with Crippen molar-refractivity contribution in [1.29, 1.82) is 0 Å². The molecular weight excluding hydrogens is 209 g/mol. The highest BCUT2D eigenvalue weighted by atomic mass is 32.2. The first-order chi connectivity index (χ1) is 7.25. The lowest BCUT2D eigenvalue weighted by molar-refractivity contribution is 0.543. The maximum atomic E-state index is 12.7. The van der Waals surface area contributed by atoms with Crippen LogP contribution in [0.3, 0.4) is 0 Å². The van der Waals surface area contributed by atoms with Crippen molar-refractivity contribution in [3.8, 4) is 0 Å². The van der Waals surface area contributed by atoms with Gasteiger partial charge in [0.15, 0.2) is 0 Å². The molecule has 0 radical (unpaired) electrons. The fourth-order valence-corrected chi connectivity index (χ4v) is 2.31. The third-order valence-corrected chi connectivity index (χ3v) is 4.07. The van der Waals surface area contributed by atoms with Gasteiger partial charge in [0, 0.05) is 24.1 Å². The fourth-order valence-electron chi connectivity index (χ4n) is 1.61. The van der Waals surface area contributed by atoms with Crippen molar-refractivity contribution in [1.82, 2.24) is 5.32 Å². The summed E-state index contributed by atoms with van der Waals surface area (Å²) in [5, 5.41) is 3.52. The van der Waals surface area contributed by atoms with Crippen LogP contribution in [-0.4, -0.2) is 24.1 Å². The van der Waals surface area contributed by atoms with Crippen molar-refractivity contribution >= 4 is 11.8 Å². The van der Waals surface area contributed by atoms with Crippen molar-refractivity contribution in [3.05, 3.63) is 35.6 Å². The molecule has 0 amide bonds. The van der Waals surface area contributed by atoms with Crippen molar-refractivity contribution < 1.29 is 4.39 Å². The molecule has 1 atom stereocenters. The van der Waals surface area contributed by atoms with Crippen LogP contribution in [0.2, 0.25) is 0 Å². The summed E-state index contributed by atoms with van der Waals surface area (Å²) in [4.78, 5) is 0. The second-order valence-electron chi connectivity index (χ2n) is 4.10. The van der Waals surface area contributed by atoms with E-state index in [-0.39, 0.29) is 5.82 Å². The van der Waals surface area contributed by atoms with Gasteiger partial charge in [-0.25, -0.2) is 4.39 Å². The third-order valence-electron chi connectivity index (χ3n) is 2.79. The molecule has 82 valence electrons. The van der Waals surface area contributed by atoms with Gasteiger partial charge in [-0.15, -0.1) is 0 Å². The van der Waals surface area contributed by atoms with Crippen LogP contribution in [0.1, 0.15) is 18.4 Å². The molecule has 1 fully saturated rings.